The molecule has 0 heterocycles. The van der Waals surface area contributed by atoms with Gasteiger partial charge in [0.05, 0.1) is 6.10 Å². The van der Waals surface area contributed by atoms with Crippen molar-refractivity contribution in [1.82, 2.24) is 0 Å². The number of aliphatic hydroxyl groups excluding tert-OH is 1. The lowest BCUT2D eigenvalue weighted by Gasteiger charge is -2.61. The highest BCUT2D eigenvalue weighted by atomic mass is 16.6. The van der Waals surface area contributed by atoms with Gasteiger partial charge in [-0.2, -0.15) is 0 Å². The molecule has 9 atom stereocenters. The summed E-state index contributed by atoms with van der Waals surface area (Å²) in [5.74, 6) is 3.06. The van der Waals surface area contributed by atoms with Crippen LogP contribution in [0.2, 0.25) is 0 Å². The molecule has 0 aliphatic heterocycles. The maximum Gasteiger partial charge on any atom is 0.344 e. The van der Waals surface area contributed by atoms with Gasteiger partial charge in [-0.1, -0.05) is 20.8 Å². The van der Waals surface area contributed by atoms with Crippen LogP contribution in [0.1, 0.15) is 106 Å². The van der Waals surface area contributed by atoms with Crippen LogP contribution in [-0.2, 0) is 19.1 Å². The molecule has 5 heteroatoms. The zero-order valence-electron chi connectivity index (χ0n) is 22.4. The van der Waals surface area contributed by atoms with E-state index in [0.29, 0.717) is 29.1 Å². The van der Waals surface area contributed by atoms with E-state index in [9.17, 15) is 14.7 Å². The van der Waals surface area contributed by atoms with Gasteiger partial charge < -0.3 is 14.6 Å². The first-order valence-corrected chi connectivity index (χ1v) is 13.9. The topological polar surface area (TPSA) is 72.8 Å². The van der Waals surface area contributed by atoms with Crippen molar-refractivity contribution in [2.24, 2.45) is 46.3 Å². The summed E-state index contributed by atoms with van der Waals surface area (Å²) in [6.07, 6.45) is 11.1. The van der Waals surface area contributed by atoms with Gasteiger partial charge in [0.1, 0.15) is 5.60 Å². The van der Waals surface area contributed by atoms with Crippen molar-refractivity contribution in [3.63, 3.8) is 0 Å². The van der Waals surface area contributed by atoms with Crippen LogP contribution in [0.15, 0.2) is 0 Å². The lowest BCUT2D eigenvalue weighted by atomic mass is 9.44. The van der Waals surface area contributed by atoms with E-state index in [1.807, 2.05) is 20.8 Å². The molecule has 0 amide bonds. The number of hydrogen-bond donors (Lipinski definition) is 1. The molecule has 0 saturated heterocycles. The van der Waals surface area contributed by atoms with Crippen LogP contribution in [0.25, 0.3) is 0 Å². The third-order valence-corrected chi connectivity index (χ3v) is 10.7. The zero-order chi connectivity index (χ0) is 24.9. The molecule has 4 rings (SSSR count). The summed E-state index contributed by atoms with van der Waals surface area (Å²) in [7, 11) is 0. The Kier molecular flexibility index (Phi) is 7.19. The van der Waals surface area contributed by atoms with Gasteiger partial charge in [0, 0.05) is 6.42 Å². The smallest absolute Gasteiger partial charge is 0.344 e. The maximum atomic E-state index is 12.5. The monoisotopic (exact) mass is 476 g/mol. The van der Waals surface area contributed by atoms with Gasteiger partial charge in [-0.05, 0) is 125 Å². The van der Waals surface area contributed by atoms with Crippen LogP contribution in [0.5, 0.6) is 0 Å². The first-order chi connectivity index (χ1) is 15.8. The Bertz CT molecular complexity index is 771. The van der Waals surface area contributed by atoms with Crippen LogP contribution >= 0.6 is 0 Å². The van der Waals surface area contributed by atoms with E-state index >= 15 is 0 Å². The second-order valence-corrected chi connectivity index (χ2v) is 13.7. The van der Waals surface area contributed by atoms with Gasteiger partial charge in [-0.3, -0.25) is 4.79 Å². The molecule has 0 aromatic carbocycles. The Morgan fingerprint density at radius 2 is 1.62 bits per heavy atom. The number of esters is 2. The first kappa shape index (κ1) is 26.0. The summed E-state index contributed by atoms with van der Waals surface area (Å²) in [5.41, 5.74) is 0.124. The lowest BCUT2D eigenvalue weighted by molar-refractivity contribution is -0.167. The molecule has 1 N–H and O–H groups in total. The van der Waals surface area contributed by atoms with E-state index in [-0.39, 0.29) is 24.6 Å². The van der Waals surface area contributed by atoms with E-state index in [0.717, 1.165) is 30.6 Å². The molecule has 9 unspecified atom stereocenters. The molecular formula is C29H48O5. The van der Waals surface area contributed by atoms with Gasteiger partial charge in [-0.15, -0.1) is 0 Å². The van der Waals surface area contributed by atoms with Crippen molar-refractivity contribution < 1.29 is 24.2 Å². The van der Waals surface area contributed by atoms with Crippen LogP contribution in [0.3, 0.4) is 0 Å². The lowest BCUT2D eigenvalue weighted by Crippen LogP contribution is -2.54. The molecule has 0 bridgehead atoms. The average molecular weight is 477 g/mol. The molecule has 194 valence electrons. The summed E-state index contributed by atoms with van der Waals surface area (Å²) in [6.45, 7) is 12.4. The summed E-state index contributed by atoms with van der Waals surface area (Å²) in [6, 6.07) is 0. The molecule has 5 nitrogen and oxygen atoms in total. The first-order valence-electron chi connectivity index (χ1n) is 13.9. The number of carbonyl (C=O) groups excluding carboxylic acids is 2. The largest absolute Gasteiger partial charge is 0.457 e. The van der Waals surface area contributed by atoms with Crippen molar-refractivity contribution in [1.29, 1.82) is 0 Å². The van der Waals surface area contributed by atoms with Crippen molar-refractivity contribution in [3.05, 3.63) is 0 Å². The van der Waals surface area contributed by atoms with Crippen molar-refractivity contribution >= 4 is 11.9 Å². The Morgan fingerprint density at radius 1 is 0.941 bits per heavy atom. The number of carbonyl (C=O) groups is 2. The summed E-state index contributed by atoms with van der Waals surface area (Å²) in [5, 5.41) is 10.3. The van der Waals surface area contributed by atoms with Gasteiger partial charge >= 0.3 is 11.9 Å². The van der Waals surface area contributed by atoms with E-state index in [1.54, 1.807) is 0 Å². The molecule has 4 aliphatic carbocycles. The number of hydrogen-bond acceptors (Lipinski definition) is 5. The highest BCUT2D eigenvalue weighted by molar-refractivity contribution is 5.76. The van der Waals surface area contributed by atoms with Gasteiger partial charge in [0.25, 0.3) is 0 Å². The predicted molar refractivity (Wildman–Crippen MR) is 132 cm³/mol. The summed E-state index contributed by atoms with van der Waals surface area (Å²) in [4.78, 5) is 24.5. The van der Waals surface area contributed by atoms with E-state index in [4.69, 9.17) is 9.47 Å². The predicted octanol–water partition coefficient (Wildman–Crippen LogP) is 5.92. The van der Waals surface area contributed by atoms with Crippen LogP contribution in [0.4, 0.5) is 0 Å². The molecule has 4 fully saturated rings. The standard InChI is InChI=1S/C29H48O5/c1-18(15-25(31)33-17-26(32)34-27(2,3)4)22-9-10-23-21-8-7-19-16-20(30)11-13-28(19,5)24(21)12-14-29(22,23)6/h18-24,30H,7-17H2,1-6H3. The molecule has 0 spiro atoms. The molecule has 0 aromatic heterocycles. The molecular weight excluding hydrogens is 428 g/mol. The summed E-state index contributed by atoms with van der Waals surface area (Å²) >= 11 is 0. The van der Waals surface area contributed by atoms with E-state index in [2.05, 4.69) is 20.8 Å². The number of ether oxygens (including phenoxy) is 2. The van der Waals surface area contributed by atoms with Crippen LogP contribution < -0.4 is 0 Å². The average Bonchev–Trinajstić information content (AvgIpc) is 3.09. The number of aliphatic hydroxyl groups is 1. The Morgan fingerprint density at radius 3 is 2.32 bits per heavy atom. The van der Waals surface area contributed by atoms with Crippen molar-refractivity contribution in [2.75, 3.05) is 6.61 Å². The molecule has 0 radical (unpaired) electrons. The molecule has 34 heavy (non-hydrogen) atoms. The van der Waals surface area contributed by atoms with Gasteiger partial charge in [-0.25, -0.2) is 4.79 Å². The van der Waals surface area contributed by atoms with Crippen LogP contribution in [-0.4, -0.2) is 35.4 Å². The Balaban J connectivity index is 1.36. The molecule has 4 aliphatic rings. The van der Waals surface area contributed by atoms with Gasteiger partial charge in [0.2, 0.25) is 0 Å². The minimum atomic E-state index is -0.573. The second kappa shape index (κ2) is 9.41. The number of fused-ring (bicyclic) bond motifs is 5. The van der Waals surface area contributed by atoms with E-state index < -0.39 is 11.6 Å². The highest BCUT2D eigenvalue weighted by Gasteiger charge is 2.60. The second-order valence-electron chi connectivity index (χ2n) is 13.7. The van der Waals surface area contributed by atoms with Gasteiger partial charge in [0.15, 0.2) is 6.61 Å². The third kappa shape index (κ3) is 4.92. The fourth-order valence-electron chi connectivity index (χ4n) is 9.19. The van der Waals surface area contributed by atoms with Crippen molar-refractivity contribution in [3.8, 4) is 0 Å². The van der Waals surface area contributed by atoms with Crippen molar-refractivity contribution in [2.45, 2.75) is 117 Å². The Labute approximate surface area is 206 Å². The molecule has 4 saturated carbocycles. The fourth-order valence-corrected chi connectivity index (χ4v) is 9.19. The molecule has 0 aromatic rings. The number of rotatable bonds is 5. The minimum absolute atomic E-state index is 0.0877. The Hall–Kier alpha value is -1.10. The highest BCUT2D eigenvalue weighted by Crippen LogP contribution is 2.68. The summed E-state index contributed by atoms with van der Waals surface area (Å²) < 4.78 is 10.5. The minimum Gasteiger partial charge on any atom is -0.457 e. The quantitative estimate of drug-likeness (QED) is 0.499. The maximum absolute atomic E-state index is 12.5. The fraction of sp³-hybridized carbons (Fsp3) is 0.931. The third-order valence-electron chi connectivity index (χ3n) is 10.7. The van der Waals surface area contributed by atoms with E-state index in [1.165, 1.54) is 44.9 Å². The van der Waals surface area contributed by atoms with Crippen LogP contribution in [0, 0.1) is 46.3 Å². The SMILES string of the molecule is CC(CC(=O)OCC(=O)OC(C)(C)C)C1CCC2C3CCC4CC(O)CCC4(C)C3CCC12C. The normalized spacial score (nSPS) is 42.7. The zero-order valence-corrected chi connectivity index (χ0v) is 22.4.